The lowest BCUT2D eigenvalue weighted by atomic mass is 10.2. The van der Waals surface area contributed by atoms with E-state index in [1.165, 1.54) is 22.4 Å². The molecule has 0 aromatic carbocycles. The van der Waals surface area contributed by atoms with Crippen LogP contribution in [0.1, 0.15) is 10.5 Å². The molecule has 2 heterocycles. The summed E-state index contributed by atoms with van der Waals surface area (Å²) in [5, 5.41) is 0.362. The summed E-state index contributed by atoms with van der Waals surface area (Å²) in [6, 6.07) is 1.64. The molecule has 2 N–H and O–H groups in total. The maximum Gasteiger partial charge on any atom is 0.355 e. The summed E-state index contributed by atoms with van der Waals surface area (Å²) >= 11 is 8.09. The lowest BCUT2D eigenvalue weighted by Crippen LogP contribution is -2.04. The highest BCUT2D eigenvalue weighted by Crippen LogP contribution is 2.31. The van der Waals surface area contributed by atoms with Gasteiger partial charge in [-0.25, -0.2) is 14.8 Å². The van der Waals surface area contributed by atoms with Crippen LogP contribution in [0, 0.1) is 0 Å². The van der Waals surface area contributed by atoms with Crippen LogP contribution in [0.4, 0.5) is 5.95 Å². The van der Waals surface area contributed by atoms with Crippen molar-refractivity contribution in [2.24, 2.45) is 0 Å². The number of nitrogens with two attached hydrogens (primary N) is 1. The average Bonchev–Trinajstić information content (AvgIpc) is 2.84. The molecule has 0 saturated heterocycles. The minimum absolute atomic E-state index is 0.119. The molecular formula is C10H8ClIN4O2S. The normalized spacial score (nSPS) is 10.5. The van der Waals surface area contributed by atoms with Gasteiger partial charge in [0.1, 0.15) is 5.69 Å². The number of anilines is 1. The Kier molecular flexibility index (Phi) is 4.53. The Balaban J connectivity index is 2.54. The molecule has 0 aliphatic heterocycles. The maximum atomic E-state index is 11.6. The van der Waals surface area contributed by atoms with E-state index in [0.717, 1.165) is 0 Å². The number of methoxy groups -OCH3 is 1. The molecule has 0 spiro atoms. The van der Waals surface area contributed by atoms with E-state index in [0.29, 0.717) is 22.0 Å². The van der Waals surface area contributed by atoms with Crippen LogP contribution in [0.25, 0.3) is 11.3 Å². The monoisotopic (exact) mass is 410 g/mol. The molecule has 0 atom stereocenters. The van der Waals surface area contributed by atoms with Crippen LogP contribution in [-0.4, -0.2) is 27.0 Å². The van der Waals surface area contributed by atoms with Gasteiger partial charge in [-0.15, -0.1) is 0 Å². The van der Waals surface area contributed by atoms with Gasteiger partial charge in [-0.05, 0) is 6.07 Å². The topological polar surface area (TPSA) is 83.0 Å². The summed E-state index contributed by atoms with van der Waals surface area (Å²) in [4.78, 5) is 19.5. The molecule has 0 fully saturated rings. The van der Waals surface area contributed by atoms with Gasteiger partial charge in [-0.2, -0.15) is 0 Å². The fraction of sp³-hybridized carbons (Fsp3) is 0.100. The molecule has 6 nitrogen and oxygen atoms in total. The van der Waals surface area contributed by atoms with E-state index in [-0.39, 0.29) is 5.95 Å². The summed E-state index contributed by atoms with van der Waals surface area (Å²) in [5.41, 5.74) is 7.08. The Morgan fingerprint density at radius 3 is 3.00 bits per heavy atom. The fourth-order valence-electron chi connectivity index (χ4n) is 1.47. The smallest absolute Gasteiger partial charge is 0.355 e. The Morgan fingerprint density at radius 1 is 1.63 bits per heavy atom. The van der Waals surface area contributed by atoms with E-state index in [1.807, 2.05) is 0 Å². The number of carbonyl (C=O) groups excluding carboxylic acids is 1. The molecule has 0 radical (unpaired) electrons. The number of rotatable bonds is 3. The summed E-state index contributed by atoms with van der Waals surface area (Å²) in [6.45, 7) is 0. The van der Waals surface area contributed by atoms with Crippen LogP contribution in [0.15, 0.2) is 18.5 Å². The lowest BCUT2D eigenvalue weighted by molar-refractivity contribution is 0.0593. The third-order valence-corrected chi connectivity index (χ3v) is 4.29. The molecule has 100 valence electrons. The van der Waals surface area contributed by atoms with Crippen molar-refractivity contribution in [3.8, 4) is 11.3 Å². The number of hydrogen-bond acceptors (Lipinski definition) is 6. The quantitative estimate of drug-likeness (QED) is 0.619. The molecule has 0 amide bonds. The molecular weight excluding hydrogens is 403 g/mol. The second-order valence-electron chi connectivity index (χ2n) is 3.43. The van der Waals surface area contributed by atoms with Crippen molar-refractivity contribution in [3.05, 3.63) is 29.2 Å². The maximum absolute atomic E-state index is 11.6. The minimum Gasteiger partial charge on any atom is -0.464 e. The third-order valence-electron chi connectivity index (χ3n) is 2.29. The lowest BCUT2D eigenvalue weighted by Gasteiger charge is -2.00. The van der Waals surface area contributed by atoms with E-state index in [9.17, 15) is 4.79 Å². The van der Waals surface area contributed by atoms with Gasteiger partial charge in [0.15, 0.2) is 0 Å². The molecule has 2 aromatic heterocycles. The van der Waals surface area contributed by atoms with Crippen LogP contribution >= 0.6 is 41.9 Å². The first kappa shape index (κ1) is 14.4. The number of esters is 1. The van der Waals surface area contributed by atoms with Gasteiger partial charge in [0.2, 0.25) is 5.95 Å². The van der Waals surface area contributed by atoms with Crippen molar-refractivity contribution in [1.82, 2.24) is 13.9 Å². The molecule has 2 rings (SSSR count). The molecule has 9 heteroatoms. The Morgan fingerprint density at radius 2 is 2.37 bits per heavy atom. The van der Waals surface area contributed by atoms with E-state index < -0.39 is 5.97 Å². The van der Waals surface area contributed by atoms with Gasteiger partial charge in [-0.1, -0.05) is 11.6 Å². The van der Waals surface area contributed by atoms with Gasteiger partial charge in [0.25, 0.3) is 0 Å². The van der Waals surface area contributed by atoms with E-state index in [2.05, 4.69) is 31.2 Å². The Bertz CT molecular complexity index is 634. The summed E-state index contributed by atoms with van der Waals surface area (Å²) < 4.78 is 6.38. The standard InChI is InChI=1S/C10H8ClIN4O2S/c1-18-9(17)7-2-5(4-16(7)19-12)8-6(11)3-14-10(13)15-8/h2-4H,1H3,(H2,13,14,15). The zero-order chi connectivity index (χ0) is 14.0. The number of aromatic nitrogens is 3. The largest absolute Gasteiger partial charge is 0.464 e. The van der Waals surface area contributed by atoms with Gasteiger partial charge >= 0.3 is 5.97 Å². The van der Waals surface area contributed by atoms with Crippen molar-refractivity contribution in [2.45, 2.75) is 0 Å². The Labute approximate surface area is 130 Å². The first-order valence-corrected chi connectivity index (χ1v) is 8.64. The highest BCUT2D eigenvalue weighted by Gasteiger charge is 2.17. The molecule has 0 saturated carbocycles. The number of nitrogen functional groups attached to an aromatic ring is 1. The third kappa shape index (κ3) is 2.95. The zero-order valence-corrected chi connectivity index (χ0v) is 13.4. The van der Waals surface area contributed by atoms with Gasteiger partial charge in [0, 0.05) is 42.1 Å². The summed E-state index contributed by atoms with van der Waals surface area (Å²) in [5.74, 6) is -0.317. The molecule has 0 bridgehead atoms. The first-order chi connectivity index (χ1) is 9.06. The highest BCUT2D eigenvalue weighted by atomic mass is 127. The second kappa shape index (κ2) is 5.97. The zero-order valence-electron chi connectivity index (χ0n) is 9.63. The van der Waals surface area contributed by atoms with Crippen LogP contribution in [0.2, 0.25) is 5.02 Å². The fourth-order valence-corrected chi connectivity index (χ4v) is 3.00. The first-order valence-electron chi connectivity index (χ1n) is 4.95. The average molecular weight is 411 g/mol. The predicted molar refractivity (Wildman–Crippen MR) is 83.2 cm³/mol. The van der Waals surface area contributed by atoms with Gasteiger partial charge in [-0.3, -0.25) is 3.97 Å². The predicted octanol–water partition coefficient (Wildman–Crippen LogP) is 2.81. The van der Waals surface area contributed by atoms with Crippen LogP contribution in [-0.2, 0) is 4.74 Å². The molecule has 0 aliphatic carbocycles. The highest BCUT2D eigenvalue weighted by molar-refractivity contribution is 14.2. The molecule has 0 aliphatic rings. The van der Waals surface area contributed by atoms with E-state index in [1.54, 1.807) is 16.2 Å². The summed E-state index contributed by atoms with van der Waals surface area (Å²) in [7, 11) is 2.66. The van der Waals surface area contributed by atoms with E-state index >= 15 is 0 Å². The number of carbonyl (C=O) groups is 1. The van der Waals surface area contributed by atoms with Crippen LogP contribution < -0.4 is 5.73 Å². The van der Waals surface area contributed by atoms with Crippen molar-refractivity contribution in [3.63, 3.8) is 0 Å². The number of nitrogens with zero attached hydrogens (tertiary/aromatic N) is 3. The minimum atomic E-state index is -0.437. The Hall–Kier alpha value is -1.000. The molecule has 19 heavy (non-hydrogen) atoms. The van der Waals surface area contributed by atoms with Crippen molar-refractivity contribution in [2.75, 3.05) is 12.8 Å². The number of halogens is 2. The van der Waals surface area contributed by atoms with Crippen LogP contribution in [0.3, 0.4) is 0 Å². The second-order valence-corrected chi connectivity index (χ2v) is 5.55. The van der Waals surface area contributed by atoms with E-state index in [4.69, 9.17) is 22.1 Å². The molecule has 0 unspecified atom stereocenters. The number of hydrogen-bond donors (Lipinski definition) is 1. The van der Waals surface area contributed by atoms with Crippen LogP contribution in [0.5, 0.6) is 0 Å². The van der Waals surface area contributed by atoms with Crippen molar-refractivity contribution >= 4 is 53.8 Å². The number of ether oxygens (including phenoxy) is 1. The van der Waals surface area contributed by atoms with Crippen molar-refractivity contribution in [1.29, 1.82) is 0 Å². The SMILES string of the molecule is COC(=O)c1cc(-c2nc(N)ncc2Cl)cn1SI. The van der Waals surface area contributed by atoms with Gasteiger partial charge in [0.05, 0.1) is 24.0 Å². The van der Waals surface area contributed by atoms with Crippen molar-refractivity contribution < 1.29 is 9.53 Å². The molecule has 2 aromatic rings. The summed E-state index contributed by atoms with van der Waals surface area (Å²) in [6.07, 6.45) is 3.16. The van der Waals surface area contributed by atoms with Gasteiger partial charge < -0.3 is 10.5 Å².